The van der Waals surface area contributed by atoms with Gasteiger partial charge in [-0.15, -0.1) is 0 Å². The first-order chi connectivity index (χ1) is 17.3. The normalized spacial score (nSPS) is 10.5. The summed E-state index contributed by atoms with van der Waals surface area (Å²) in [6.07, 6.45) is 0. The number of nitrogens with zero attached hydrogens (tertiary/aromatic N) is 2. The van der Waals surface area contributed by atoms with Crippen LogP contribution in [0.15, 0.2) is 78.9 Å². The second-order valence-electron chi connectivity index (χ2n) is 8.11. The topological polar surface area (TPSA) is 99.5 Å². The smallest absolute Gasteiger partial charge is 0.338 e. The molecule has 0 radical (unpaired) electrons. The zero-order valence-corrected chi connectivity index (χ0v) is 20.1. The predicted molar refractivity (Wildman–Crippen MR) is 135 cm³/mol. The van der Waals surface area contributed by atoms with Crippen LogP contribution in [-0.2, 0) is 14.3 Å². The van der Waals surface area contributed by atoms with Crippen molar-refractivity contribution in [2.45, 2.75) is 20.8 Å². The highest BCUT2D eigenvalue weighted by Gasteiger charge is 2.17. The third kappa shape index (κ3) is 5.67. The minimum atomic E-state index is -0.602. The first-order valence-corrected chi connectivity index (χ1v) is 11.3. The molecule has 1 amide bonds. The minimum Gasteiger partial charge on any atom is -0.452 e. The Bertz CT molecular complexity index is 1390. The van der Waals surface area contributed by atoms with E-state index in [2.05, 4.69) is 10.4 Å². The molecule has 0 unspecified atom stereocenters. The molecule has 0 saturated heterocycles. The number of carbonyl (C=O) groups is 3. The number of esters is 2. The molecule has 1 heterocycles. The molecule has 1 aromatic heterocycles. The maximum atomic E-state index is 12.5. The number of benzene rings is 3. The molecule has 36 heavy (non-hydrogen) atoms. The van der Waals surface area contributed by atoms with E-state index < -0.39 is 18.5 Å². The second-order valence-corrected chi connectivity index (χ2v) is 8.11. The highest BCUT2D eigenvalue weighted by Crippen LogP contribution is 2.24. The molecule has 0 aliphatic heterocycles. The van der Waals surface area contributed by atoms with Gasteiger partial charge in [0, 0.05) is 6.92 Å². The third-order valence-electron chi connectivity index (χ3n) is 5.46. The van der Waals surface area contributed by atoms with E-state index >= 15 is 0 Å². The number of aromatic nitrogens is 2. The van der Waals surface area contributed by atoms with Crippen LogP contribution in [0.4, 0.5) is 5.69 Å². The Kier molecular flexibility index (Phi) is 7.25. The number of hydrogen-bond donors (Lipinski definition) is 1. The summed E-state index contributed by atoms with van der Waals surface area (Å²) in [7, 11) is 0. The molecule has 8 heteroatoms. The number of nitrogens with one attached hydrogen (secondary N) is 1. The number of anilines is 1. The van der Waals surface area contributed by atoms with Crippen LogP contribution in [0.3, 0.4) is 0 Å². The molecule has 0 bridgehead atoms. The summed E-state index contributed by atoms with van der Waals surface area (Å²) in [5.74, 6) is -0.976. The Morgan fingerprint density at radius 3 is 2.08 bits per heavy atom. The average Bonchev–Trinajstić information content (AvgIpc) is 3.16. The molecule has 8 nitrogen and oxygen atoms in total. The van der Waals surface area contributed by atoms with Crippen LogP contribution < -0.4 is 10.1 Å². The van der Waals surface area contributed by atoms with Gasteiger partial charge in [0.1, 0.15) is 5.75 Å². The lowest BCUT2D eigenvalue weighted by Gasteiger charge is -2.09. The Labute approximate surface area is 208 Å². The molecule has 1 N–H and O–H groups in total. The van der Waals surface area contributed by atoms with Crippen molar-refractivity contribution in [2.24, 2.45) is 0 Å². The Balaban J connectivity index is 1.35. The van der Waals surface area contributed by atoms with Gasteiger partial charge in [0.25, 0.3) is 5.91 Å². The summed E-state index contributed by atoms with van der Waals surface area (Å²) >= 11 is 0. The highest BCUT2D eigenvalue weighted by molar-refractivity contribution is 5.96. The van der Waals surface area contributed by atoms with Crippen LogP contribution in [0.25, 0.3) is 16.8 Å². The third-order valence-corrected chi connectivity index (χ3v) is 5.46. The van der Waals surface area contributed by atoms with Gasteiger partial charge in [-0.25, -0.2) is 9.48 Å². The van der Waals surface area contributed by atoms with Gasteiger partial charge in [-0.1, -0.05) is 42.5 Å². The average molecular weight is 484 g/mol. The Morgan fingerprint density at radius 2 is 1.47 bits per heavy atom. The molecule has 0 aliphatic rings. The zero-order chi connectivity index (χ0) is 25.7. The predicted octanol–water partition coefficient (Wildman–Crippen LogP) is 4.88. The molecule has 4 rings (SSSR count). The summed E-state index contributed by atoms with van der Waals surface area (Å²) in [6, 6.07) is 23.5. The van der Waals surface area contributed by atoms with E-state index in [1.165, 1.54) is 6.92 Å². The maximum absolute atomic E-state index is 12.5. The fourth-order valence-corrected chi connectivity index (χ4v) is 3.71. The van der Waals surface area contributed by atoms with Crippen molar-refractivity contribution >= 4 is 23.5 Å². The monoisotopic (exact) mass is 483 g/mol. The second kappa shape index (κ2) is 10.7. The molecular weight excluding hydrogens is 458 g/mol. The molecule has 0 atom stereocenters. The van der Waals surface area contributed by atoms with Crippen LogP contribution >= 0.6 is 0 Å². The van der Waals surface area contributed by atoms with Gasteiger partial charge in [0.05, 0.1) is 28.3 Å². The van der Waals surface area contributed by atoms with E-state index in [9.17, 15) is 14.4 Å². The van der Waals surface area contributed by atoms with Gasteiger partial charge in [0.15, 0.2) is 6.61 Å². The first-order valence-electron chi connectivity index (χ1n) is 11.3. The van der Waals surface area contributed by atoms with Crippen LogP contribution in [0.1, 0.15) is 28.7 Å². The summed E-state index contributed by atoms with van der Waals surface area (Å²) in [5.41, 5.74) is 5.00. The number of aryl methyl sites for hydroxylation is 1. The van der Waals surface area contributed by atoms with Gasteiger partial charge in [-0.3, -0.25) is 9.59 Å². The standard InChI is InChI=1S/C28H25N3O5/c1-18-27(19(2)31(30-18)24-7-5-4-6-8-24)29-26(33)17-35-28(34)23-11-9-21(10-12-23)22-13-15-25(16-14-22)36-20(3)32/h4-16H,17H2,1-3H3,(H,29,33). The molecule has 4 aromatic rings. The molecule has 0 aliphatic carbocycles. The minimum absolute atomic E-state index is 0.326. The van der Waals surface area contributed by atoms with Crippen molar-refractivity contribution < 1.29 is 23.9 Å². The lowest BCUT2D eigenvalue weighted by atomic mass is 10.0. The van der Waals surface area contributed by atoms with Crippen molar-refractivity contribution in [3.05, 3.63) is 95.8 Å². The van der Waals surface area contributed by atoms with Crippen LogP contribution in [0.2, 0.25) is 0 Å². The van der Waals surface area contributed by atoms with Crippen molar-refractivity contribution in [1.29, 1.82) is 0 Å². The fourth-order valence-electron chi connectivity index (χ4n) is 3.71. The summed E-state index contributed by atoms with van der Waals surface area (Å²) in [6.45, 7) is 4.59. The number of rotatable bonds is 7. The van der Waals surface area contributed by atoms with Gasteiger partial charge in [-0.2, -0.15) is 5.10 Å². The number of ether oxygens (including phenoxy) is 2. The number of hydrogen-bond acceptors (Lipinski definition) is 6. The Hall–Kier alpha value is -4.72. The van der Waals surface area contributed by atoms with Gasteiger partial charge in [-0.05, 0) is 61.4 Å². The van der Waals surface area contributed by atoms with E-state index in [-0.39, 0.29) is 5.97 Å². The number of amides is 1. The maximum Gasteiger partial charge on any atom is 0.338 e. The summed E-state index contributed by atoms with van der Waals surface area (Å²) < 4.78 is 12.0. The zero-order valence-electron chi connectivity index (χ0n) is 20.1. The molecule has 182 valence electrons. The van der Waals surface area contributed by atoms with Crippen molar-refractivity contribution in [3.8, 4) is 22.6 Å². The first kappa shape index (κ1) is 24.4. The fraction of sp³-hybridized carbons (Fsp3) is 0.143. The highest BCUT2D eigenvalue weighted by atomic mass is 16.5. The van der Waals surface area contributed by atoms with Crippen molar-refractivity contribution in [3.63, 3.8) is 0 Å². The van der Waals surface area contributed by atoms with E-state index in [0.717, 1.165) is 22.5 Å². The SMILES string of the molecule is CC(=O)Oc1ccc(-c2ccc(C(=O)OCC(=O)Nc3c(C)nn(-c4ccccc4)c3C)cc2)cc1. The molecule has 0 saturated carbocycles. The van der Waals surface area contributed by atoms with Crippen molar-refractivity contribution in [2.75, 3.05) is 11.9 Å². The largest absolute Gasteiger partial charge is 0.452 e. The lowest BCUT2D eigenvalue weighted by molar-refractivity contribution is -0.131. The summed E-state index contributed by atoms with van der Waals surface area (Å²) in [4.78, 5) is 36.0. The van der Waals surface area contributed by atoms with Gasteiger partial charge >= 0.3 is 11.9 Å². The van der Waals surface area contributed by atoms with Crippen molar-refractivity contribution in [1.82, 2.24) is 9.78 Å². The molecule has 0 fully saturated rings. The van der Waals surface area contributed by atoms with Crippen LogP contribution in [-0.4, -0.2) is 34.2 Å². The number of para-hydroxylation sites is 1. The van der Waals surface area contributed by atoms with Crippen LogP contribution in [0.5, 0.6) is 5.75 Å². The lowest BCUT2D eigenvalue weighted by Crippen LogP contribution is -2.21. The molecular formula is C28H25N3O5. The van der Waals surface area contributed by atoms with E-state index in [4.69, 9.17) is 9.47 Å². The van der Waals surface area contributed by atoms with Crippen LogP contribution in [0, 0.1) is 13.8 Å². The van der Waals surface area contributed by atoms with E-state index in [1.54, 1.807) is 48.0 Å². The number of carbonyl (C=O) groups excluding carboxylic acids is 3. The molecule has 0 spiro atoms. The van der Waals surface area contributed by atoms with E-state index in [0.29, 0.717) is 22.7 Å². The quantitative estimate of drug-likeness (QED) is 0.297. The molecule has 3 aromatic carbocycles. The Morgan fingerprint density at radius 1 is 0.861 bits per heavy atom. The van der Waals surface area contributed by atoms with Gasteiger partial charge in [0.2, 0.25) is 0 Å². The van der Waals surface area contributed by atoms with E-state index in [1.807, 2.05) is 49.4 Å². The summed E-state index contributed by atoms with van der Waals surface area (Å²) in [5, 5.41) is 7.29. The van der Waals surface area contributed by atoms with Gasteiger partial charge < -0.3 is 14.8 Å².